The fraction of sp³-hybridized carbons (Fsp3) is 0.571. The van der Waals surface area contributed by atoms with Gasteiger partial charge in [-0.15, -0.1) is 0 Å². The van der Waals surface area contributed by atoms with Gasteiger partial charge in [-0.3, -0.25) is 0 Å². The molecular weight excluding hydrogens is 362 g/mol. The molecule has 0 amide bonds. The molecule has 3 atom stereocenters. The van der Waals surface area contributed by atoms with Gasteiger partial charge in [0.2, 0.25) is 10.0 Å². The number of hydrogen-bond acceptors (Lipinski definition) is 2. The number of rotatable bonds is 3. The molecule has 1 N–H and O–H groups in total. The van der Waals surface area contributed by atoms with E-state index in [-0.39, 0.29) is 16.0 Å². The van der Waals surface area contributed by atoms with Crippen LogP contribution in [0, 0.1) is 11.8 Å². The van der Waals surface area contributed by atoms with Gasteiger partial charge in [-0.25, -0.2) is 13.1 Å². The highest BCUT2D eigenvalue weighted by atomic mass is 79.9. The lowest BCUT2D eigenvalue weighted by molar-refractivity contribution is 0.242. The maximum Gasteiger partial charge on any atom is 0.242 e. The van der Waals surface area contributed by atoms with Crippen LogP contribution < -0.4 is 4.72 Å². The minimum Gasteiger partial charge on any atom is -0.208 e. The van der Waals surface area contributed by atoms with E-state index in [4.69, 9.17) is 11.6 Å². The standard InChI is InChI=1S/C14H19BrClNO2S/c1-9-3-5-12(7-10(9)2)17-20(18,19)14-6-4-11(15)8-13(14)16/h4,6,8-10,12,17H,3,5,7H2,1-2H3. The molecule has 1 saturated carbocycles. The van der Waals surface area contributed by atoms with E-state index in [0.29, 0.717) is 11.8 Å². The number of sulfonamides is 1. The summed E-state index contributed by atoms with van der Waals surface area (Å²) >= 11 is 9.31. The van der Waals surface area contributed by atoms with Crippen molar-refractivity contribution in [3.05, 3.63) is 27.7 Å². The molecule has 0 aliphatic heterocycles. The summed E-state index contributed by atoms with van der Waals surface area (Å²) in [5.41, 5.74) is 0. The third kappa shape index (κ3) is 3.75. The molecule has 0 saturated heterocycles. The minimum atomic E-state index is -3.55. The van der Waals surface area contributed by atoms with E-state index >= 15 is 0 Å². The Morgan fingerprint density at radius 3 is 2.55 bits per heavy atom. The summed E-state index contributed by atoms with van der Waals surface area (Å²) in [6, 6.07) is 4.82. The SMILES string of the molecule is CC1CCC(NS(=O)(=O)c2ccc(Br)cc2Cl)CC1C. The summed E-state index contributed by atoms with van der Waals surface area (Å²) in [5.74, 6) is 1.20. The van der Waals surface area contributed by atoms with Crippen molar-refractivity contribution >= 4 is 37.6 Å². The van der Waals surface area contributed by atoms with Crippen LogP contribution in [0.1, 0.15) is 33.1 Å². The van der Waals surface area contributed by atoms with Crippen molar-refractivity contribution in [1.82, 2.24) is 4.72 Å². The van der Waals surface area contributed by atoms with E-state index in [2.05, 4.69) is 34.5 Å². The third-order valence-electron chi connectivity index (χ3n) is 4.10. The molecule has 20 heavy (non-hydrogen) atoms. The maximum absolute atomic E-state index is 12.4. The summed E-state index contributed by atoms with van der Waals surface area (Å²) < 4.78 is 28.4. The van der Waals surface area contributed by atoms with Crippen LogP contribution >= 0.6 is 27.5 Å². The van der Waals surface area contributed by atoms with Crippen LogP contribution in [0.5, 0.6) is 0 Å². The van der Waals surface area contributed by atoms with Crippen LogP contribution in [0.3, 0.4) is 0 Å². The fourth-order valence-electron chi connectivity index (χ4n) is 2.63. The Morgan fingerprint density at radius 2 is 1.95 bits per heavy atom. The van der Waals surface area contributed by atoms with Crippen molar-refractivity contribution in [3.8, 4) is 0 Å². The first-order chi connectivity index (χ1) is 9.29. The second kappa shape index (κ2) is 6.34. The van der Waals surface area contributed by atoms with E-state index in [1.807, 2.05) is 0 Å². The zero-order valence-electron chi connectivity index (χ0n) is 11.6. The first kappa shape index (κ1) is 16.3. The zero-order chi connectivity index (χ0) is 14.9. The summed E-state index contributed by atoms with van der Waals surface area (Å²) in [6.45, 7) is 4.40. The van der Waals surface area contributed by atoms with Gasteiger partial charge in [0.1, 0.15) is 4.90 Å². The molecule has 0 spiro atoms. The molecule has 0 aromatic heterocycles. The van der Waals surface area contributed by atoms with E-state index < -0.39 is 10.0 Å². The van der Waals surface area contributed by atoms with Gasteiger partial charge in [0, 0.05) is 10.5 Å². The largest absolute Gasteiger partial charge is 0.242 e. The van der Waals surface area contributed by atoms with Gasteiger partial charge in [-0.1, -0.05) is 41.4 Å². The lowest BCUT2D eigenvalue weighted by Gasteiger charge is -2.32. The quantitative estimate of drug-likeness (QED) is 0.854. The topological polar surface area (TPSA) is 46.2 Å². The van der Waals surface area contributed by atoms with E-state index in [9.17, 15) is 8.42 Å². The average Bonchev–Trinajstić information content (AvgIpc) is 2.33. The lowest BCUT2D eigenvalue weighted by Crippen LogP contribution is -2.39. The Labute approximate surface area is 134 Å². The fourth-order valence-corrected chi connectivity index (χ4v) is 4.95. The molecule has 2 rings (SSSR count). The third-order valence-corrected chi connectivity index (χ3v) is 6.60. The normalized spacial score (nSPS) is 27.5. The molecular formula is C14H19BrClNO2S. The van der Waals surface area contributed by atoms with Crippen molar-refractivity contribution < 1.29 is 8.42 Å². The van der Waals surface area contributed by atoms with Crippen molar-refractivity contribution in [2.45, 2.75) is 44.0 Å². The van der Waals surface area contributed by atoms with Crippen molar-refractivity contribution in [2.24, 2.45) is 11.8 Å². The van der Waals surface area contributed by atoms with Gasteiger partial charge < -0.3 is 0 Å². The highest BCUT2D eigenvalue weighted by molar-refractivity contribution is 9.10. The summed E-state index contributed by atoms with van der Waals surface area (Å²) in [7, 11) is -3.55. The molecule has 1 aromatic rings. The van der Waals surface area contributed by atoms with E-state index in [1.165, 1.54) is 6.07 Å². The zero-order valence-corrected chi connectivity index (χ0v) is 14.7. The van der Waals surface area contributed by atoms with Crippen LogP contribution in [0.2, 0.25) is 5.02 Å². The molecule has 1 aromatic carbocycles. The lowest BCUT2D eigenvalue weighted by atomic mass is 9.79. The maximum atomic E-state index is 12.4. The van der Waals surface area contributed by atoms with Crippen LogP contribution in [-0.4, -0.2) is 14.5 Å². The average molecular weight is 381 g/mol. The molecule has 3 unspecified atom stereocenters. The summed E-state index contributed by atoms with van der Waals surface area (Å²) in [5, 5.41) is 0.240. The smallest absolute Gasteiger partial charge is 0.208 e. The Bertz CT molecular complexity index is 591. The number of hydrogen-bond donors (Lipinski definition) is 1. The van der Waals surface area contributed by atoms with Crippen LogP contribution in [0.4, 0.5) is 0 Å². The predicted octanol–water partition coefficient (Wildman–Crippen LogP) is 4.21. The monoisotopic (exact) mass is 379 g/mol. The highest BCUT2D eigenvalue weighted by Crippen LogP contribution is 2.31. The van der Waals surface area contributed by atoms with Crippen molar-refractivity contribution in [1.29, 1.82) is 0 Å². The van der Waals surface area contributed by atoms with Crippen molar-refractivity contribution in [2.75, 3.05) is 0 Å². The van der Waals surface area contributed by atoms with Gasteiger partial charge in [0.15, 0.2) is 0 Å². The Morgan fingerprint density at radius 1 is 1.25 bits per heavy atom. The highest BCUT2D eigenvalue weighted by Gasteiger charge is 2.29. The number of benzene rings is 1. The van der Waals surface area contributed by atoms with E-state index in [1.54, 1.807) is 12.1 Å². The van der Waals surface area contributed by atoms with E-state index in [0.717, 1.165) is 23.7 Å². The molecule has 0 heterocycles. The molecule has 6 heteroatoms. The van der Waals surface area contributed by atoms with Gasteiger partial charge in [-0.2, -0.15) is 0 Å². The molecule has 1 fully saturated rings. The Balaban J connectivity index is 2.15. The van der Waals surface area contributed by atoms with Crippen LogP contribution in [0.25, 0.3) is 0 Å². The minimum absolute atomic E-state index is 0.00548. The summed E-state index contributed by atoms with van der Waals surface area (Å²) in [6.07, 6.45) is 2.83. The van der Waals surface area contributed by atoms with Crippen LogP contribution in [0.15, 0.2) is 27.6 Å². The second-order valence-corrected chi connectivity index (χ2v) is 8.67. The van der Waals surface area contributed by atoms with Gasteiger partial charge in [-0.05, 0) is 49.3 Å². The number of halogens is 2. The summed E-state index contributed by atoms with van der Waals surface area (Å²) in [4.78, 5) is 0.147. The second-order valence-electron chi connectivity index (χ2n) is 5.66. The molecule has 3 nitrogen and oxygen atoms in total. The predicted molar refractivity (Wildman–Crippen MR) is 85.4 cm³/mol. The Kier molecular flexibility index (Phi) is 5.16. The van der Waals surface area contributed by atoms with Gasteiger partial charge in [0.25, 0.3) is 0 Å². The number of nitrogens with one attached hydrogen (secondary N) is 1. The Hall–Kier alpha value is -0.100. The van der Waals surface area contributed by atoms with Crippen molar-refractivity contribution in [3.63, 3.8) is 0 Å². The molecule has 112 valence electrons. The molecule has 1 aliphatic carbocycles. The first-order valence-electron chi connectivity index (χ1n) is 6.77. The molecule has 0 bridgehead atoms. The van der Waals surface area contributed by atoms with Gasteiger partial charge >= 0.3 is 0 Å². The van der Waals surface area contributed by atoms with Gasteiger partial charge in [0.05, 0.1) is 5.02 Å². The first-order valence-corrected chi connectivity index (χ1v) is 9.42. The molecule has 1 aliphatic rings. The molecule has 0 radical (unpaired) electrons. The van der Waals surface area contributed by atoms with Crippen LogP contribution in [-0.2, 0) is 10.0 Å².